The molecule has 0 aromatic heterocycles. The molecule has 0 saturated carbocycles. The molecule has 0 bridgehead atoms. The summed E-state index contributed by atoms with van der Waals surface area (Å²) >= 11 is 0. The number of benzene rings is 7. The fraction of sp³-hybridized carbons (Fsp3) is 0.244. The van der Waals surface area contributed by atoms with E-state index in [4.69, 9.17) is 0 Å². The fourth-order valence-corrected chi connectivity index (χ4v) is 8.99. The van der Waals surface area contributed by atoms with Crippen molar-refractivity contribution in [3.63, 3.8) is 0 Å². The van der Waals surface area contributed by atoms with Crippen molar-refractivity contribution >= 4 is 72.5 Å². The molecule has 2 aliphatic rings. The van der Waals surface area contributed by atoms with E-state index in [9.17, 15) is 0 Å². The van der Waals surface area contributed by atoms with Gasteiger partial charge in [0.2, 0.25) is 6.71 Å². The summed E-state index contributed by atoms with van der Waals surface area (Å²) in [5, 5.41) is 8.33. The molecule has 0 unspecified atom stereocenters. The lowest BCUT2D eigenvalue weighted by molar-refractivity contribution is 0.576. The number of para-hydroxylation sites is 1. The van der Waals surface area contributed by atoms with Gasteiger partial charge in [0.05, 0.1) is 5.69 Å². The highest BCUT2D eigenvalue weighted by Gasteiger charge is 2.42. The van der Waals surface area contributed by atoms with E-state index >= 15 is 0 Å². The summed E-state index contributed by atoms with van der Waals surface area (Å²) in [6.45, 7) is 19.2. The molecule has 7 aromatic rings. The smallest absolute Gasteiger partial charge is 0.248 e. The lowest BCUT2D eigenvalue weighted by atomic mass is 9.37. The van der Waals surface area contributed by atoms with Crippen LogP contribution in [-0.2, 0) is 10.8 Å². The van der Waals surface area contributed by atoms with E-state index < -0.39 is 0 Å². The summed E-state index contributed by atoms with van der Waals surface area (Å²) < 4.78 is 0. The molecule has 2 heterocycles. The van der Waals surface area contributed by atoms with Crippen LogP contribution in [0.1, 0.15) is 78.0 Å². The SMILES string of the molecule is CC(C)c1cc(N2c3ccccc3B3c4ccccc4-c4cccc2c43)c2ccc3c(C(C)(C)C)cc(C(C)(C)C)c4ccc1c2c43. The van der Waals surface area contributed by atoms with Crippen molar-refractivity contribution in [1.82, 2.24) is 0 Å². The van der Waals surface area contributed by atoms with Crippen molar-refractivity contribution in [2.45, 2.75) is 72.1 Å². The third-order valence-corrected chi connectivity index (χ3v) is 11.1. The Hall–Kier alpha value is -4.56. The van der Waals surface area contributed by atoms with Gasteiger partial charge in [-0.3, -0.25) is 0 Å². The molecule has 0 atom stereocenters. The Labute approximate surface area is 279 Å². The van der Waals surface area contributed by atoms with E-state index in [-0.39, 0.29) is 17.5 Å². The van der Waals surface area contributed by atoms with E-state index in [0.29, 0.717) is 5.92 Å². The third-order valence-electron chi connectivity index (χ3n) is 11.1. The summed E-state index contributed by atoms with van der Waals surface area (Å²) in [7, 11) is 0. The predicted molar refractivity (Wildman–Crippen MR) is 206 cm³/mol. The second kappa shape index (κ2) is 9.51. The third kappa shape index (κ3) is 3.85. The number of fused-ring (bicyclic) bond motifs is 5. The molecule has 230 valence electrons. The van der Waals surface area contributed by atoms with Crippen molar-refractivity contribution < 1.29 is 0 Å². The number of anilines is 3. The Kier molecular flexibility index (Phi) is 5.80. The highest BCUT2D eigenvalue weighted by Crippen LogP contribution is 2.50. The van der Waals surface area contributed by atoms with Gasteiger partial charge < -0.3 is 4.90 Å². The lowest BCUT2D eigenvalue weighted by Gasteiger charge is -2.37. The summed E-state index contributed by atoms with van der Waals surface area (Å²) in [6, 6.07) is 39.9. The van der Waals surface area contributed by atoms with Crippen LogP contribution in [0.3, 0.4) is 0 Å². The zero-order chi connectivity index (χ0) is 32.6. The fourth-order valence-electron chi connectivity index (χ4n) is 8.99. The van der Waals surface area contributed by atoms with Crippen molar-refractivity contribution in [3.8, 4) is 11.1 Å². The first-order valence-electron chi connectivity index (χ1n) is 17.4. The number of nitrogens with zero attached hydrogens (tertiary/aromatic N) is 1. The molecule has 9 rings (SSSR count). The Morgan fingerprint density at radius 3 is 1.74 bits per heavy atom. The van der Waals surface area contributed by atoms with Crippen molar-refractivity contribution in [2.75, 3.05) is 4.90 Å². The average molecular weight is 608 g/mol. The first-order valence-corrected chi connectivity index (χ1v) is 17.4. The molecule has 0 aliphatic carbocycles. The molecule has 0 amide bonds. The Bertz CT molecular complexity index is 2380. The first-order chi connectivity index (χ1) is 22.4. The summed E-state index contributed by atoms with van der Waals surface area (Å²) in [4.78, 5) is 2.60. The maximum Gasteiger partial charge on any atom is 0.248 e. The van der Waals surface area contributed by atoms with Gasteiger partial charge in [-0.15, -0.1) is 0 Å². The summed E-state index contributed by atoms with van der Waals surface area (Å²) in [5.74, 6) is 0.376. The monoisotopic (exact) mass is 607 g/mol. The van der Waals surface area contributed by atoms with Gasteiger partial charge in [0.1, 0.15) is 0 Å². The number of hydrogen-bond donors (Lipinski definition) is 0. The molecule has 0 N–H and O–H groups in total. The highest BCUT2D eigenvalue weighted by molar-refractivity contribution is 7.01. The van der Waals surface area contributed by atoms with E-state index in [1.165, 1.54) is 93.6 Å². The van der Waals surface area contributed by atoms with Crippen molar-refractivity contribution in [3.05, 3.63) is 120 Å². The molecule has 0 spiro atoms. The van der Waals surface area contributed by atoms with E-state index in [2.05, 4.69) is 163 Å². The minimum absolute atomic E-state index is 0.0203. The predicted octanol–water partition coefficient (Wildman–Crippen LogP) is 10.6. The molecule has 0 saturated heterocycles. The van der Waals surface area contributed by atoms with Crippen LogP contribution >= 0.6 is 0 Å². The van der Waals surface area contributed by atoms with Gasteiger partial charge in [-0.25, -0.2) is 0 Å². The van der Waals surface area contributed by atoms with E-state index in [1.807, 2.05) is 0 Å². The van der Waals surface area contributed by atoms with Gasteiger partial charge in [0.15, 0.2) is 0 Å². The normalized spacial score (nSPS) is 14.1. The van der Waals surface area contributed by atoms with Crippen LogP contribution in [0.25, 0.3) is 43.4 Å². The molecule has 1 nitrogen and oxygen atoms in total. The van der Waals surface area contributed by atoms with Crippen molar-refractivity contribution in [2.24, 2.45) is 0 Å². The van der Waals surface area contributed by atoms with Gasteiger partial charge in [-0.05, 0) is 101 Å². The van der Waals surface area contributed by atoms with Crippen LogP contribution in [0.15, 0.2) is 103 Å². The number of hydrogen-bond acceptors (Lipinski definition) is 1. The van der Waals surface area contributed by atoms with Crippen LogP contribution in [-0.4, -0.2) is 6.71 Å². The van der Waals surface area contributed by atoms with Gasteiger partial charge in [-0.1, -0.05) is 146 Å². The van der Waals surface area contributed by atoms with Crippen LogP contribution in [0.5, 0.6) is 0 Å². The van der Waals surface area contributed by atoms with Crippen LogP contribution < -0.4 is 21.3 Å². The number of rotatable bonds is 2. The molecule has 0 radical (unpaired) electrons. The molecular weight excluding hydrogens is 565 g/mol. The second-order valence-electron chi connectivity index (χ2n) is 16.3. The topological polar surface area (TPSA) is 3.24 Å². The molecule has 0 fully saturated rings. The first kappa shape index (κ1) is 28.7. The average Bonchev–Trinajstić information content (AvgIpc) is 3.38. The molecule has 2 heteroatoms. The Morgan fingerprint density at radius 2 is 1.06 bits per heavy atom. The van der Waals surface area contributed by atoms with E-state index in [1.54, 1.807) is 0 Å². The maximum absolute atomic E-state index is 2.60. The van der Waals surface area contributed by atoms with Crippen LogP contribution in [0, 0.1) is 0 Å². The minimum Gasteiger partial charge on any atom is -0.311 e. The van der Waals surface area contributed by atoms with Crippen LogP contribution in [0.2, 0.25) is 0 Å². The largest absolute Gasteiger partial charge is 0.311 e. The highest BCUT2D eigenvalue weighted by atomic mass is 15.2. The molecule has 2 aliphatic heterocycles. The van der Waals surface area contributed by atoms with Gasteiger partial charge in [-0.2, -0.15) is 0 Å². The molecule has 7 aromatic carbocycles. The van der Waals surface area contributed by atoms with E-state index in [0.717, 1.165) is 0 Å². The van der Waals surface area contributed by atoms with Crippen molar-refractivity contribution in [1.29, 1.82) is 0 Å². The molecular formula is C45H42BN. The Morgan fingerprint density at radius 1 is 0.511 bits per heavy atom. The lowest BCUT2D eigenvalue weighted by Crippen LogP contribution is -2.54. The van der Waals surface area contributed by atoms with Crippen LogP contribution in [0.4, 0.5) is 17.1 Å². The standard InChI is InChI=1S/C45H42BN/c1-26(2)33-24-40(32-23-22-31-35(45(6,7)8)25-34(44(3,4)5)30-21-20-28(33)41(32)42(30)31)47-38-18-12-11-17-37(38)46-36-16-10-9-14-27(36)29-15-13-19-39(47)43(29)46/h9-26H,1-8H3. The van der Waals surface area contributed by atoms with Gasteiger partial charge in [0, 0.05) is 16.8 Å². The molecule has 47 heavy (non-hydrogen) atoms. The quantitative estimate of drug-likeness (QED) is 0.140. The minimum atomic E-state index is 0.0203. The second-order valence-corrected chi connectivity index (χ2v) is 16.3. The Balaban J connectivity index is 1.45. The van der Waals surface area contributed by atoms with Gasteiger partial charge >= 0.3 is 0 Å². The zero-order valence-electron chi connectivity index (χ0n) is 28.9. The maximum atomic E-state index is 2.60. The zero-order valence-corrected chi connectivity index (χ0v) is 28.9. The summed E-state index contributed by atoms with van der Waals surface area (Å²) in [5.41, 5.74) is 15.2. The summed E-state index contributed by atoms with van der Waals surface area (Å²) in [6.07, 6.45) is 0. The van der Waals surface area contributed by atoms with Gasteiger partial charge in [0.25, 0.3) is 0 Å².